The Bertz CT molecular complexity index is 1030. The van der Waals surface area contributed by atoms with Gasteiger partial charge >= 0.3 is 0 Å². The van der Waals surface area contributed by atoms with E-state index in [4.69, 9.17) is 4.52 Å². The van der Waals surface area contributed by atoms with Gasteiger partial charge in [0.2, 0.25) is 5.76 Å². The number of nitrogens with zero attached hydrogens (tertiary/aromatic N) is 4. The molecule has 0 saturated carbocycles. The van der Waals surface area contributed by atoms with Gasteiger partial charge in [0.05, 0.1) is 11.9 Å². The summed E-state index contributed by atoms with van der Waals surface area (Å²) < 4.78 is 20.5. The molecular formula is C22H26FN5O2. The van der Waals surface area contributed by atoms with Crippen LogP contribution < -0.4 is 5.32 Å². The molecule has 30 heavy (non-hydrogen) atoms. The average molecular weight is 411 g/mol. The van der Waals surface area contributed by atoms with Gasteiger partial charge in [-0.05, 0) is 44.0 Å². The lowest BCUT2D eigenvalue weighted by Crippen LogP contribution is -2.34. The topological polar surface area (TPSA) is 76.2 Å². The molecule has 158 valence electrons. The van der Waals surface area contributed by atoms with Crippen LogP contribution >= 0.6 is 0 Å². The van der Waals surface area contributed by atoms with Gasteiger partial charge in [0, 0.05) is 49.9 Å². The summed E-state index contributed by atoms with van der Waals surface area (Å²) in [7, 11) is 1.95. The Balaban J connectivity index is 1.35. The molecule has 1 N–H and O–H groups in total. The molecule has 4 rings (SSSR count). The molecule has 0 spiro atoms. The standard InChI is InChI=1S/C22H26FN5O2/c1-15-18(12-25-27(15)2)14-28-8-4-6-17(13-28)20-10-21(30-26-20)22(29)24-11-16-5-3-7-19(23)9-16/h3,5,7,9-10,12,17H,4,6,8,11,13-14H2,1-2H3,(H,24,29)/t17-/m1/s1. The summed E-state index contributed by atoms with van der Waals surface area (Å²) in [5.41, 5.74) is 3.90. The monoisotopic (exact) mass is 411 g/mol. The van der Waals surface area contributed by atoms with Crippen LogP contribution in [0.4, 0.5) is 4.39 Å². The number of benzene rings is 1. The first-order chi connectivity index (χ1) is 14.5. The number of halogens is 1. The lowest BCUT2D eigenvalue weighted by atomic mass is 9.94. The Kier molecular flexibility index (Phi) is 5.94. The van der Waals surface area contributed by atoms with Crippen molar-refractivity contribution in [3.63, 3.8) is 0 Å². The van der Waals surface area contributed by atoms with Crippen LogP contribution in [0.3, 0.4) is 0 Å². The third kappa shape index (κ3) is 4.59. The third-order valence-electron chi connectivity index (χ3n) is 5.75. The van der Waals surface area contributed by atoms with E-state index in [1.807, 2.05) is 17.9 Å². The van der Waals surface area contributed by atoms with E-state index in [9.17, 15) is 9.18 Å². The second-order valence-electron chi connectivity index (χ2n) is 7.88. The van der Waals surface area contributed by atoms with Gasteiger partial charge in [-0.15, -0.1) is 0 Å². The summed E-state index contributed by atoms with van der Waals surface area (Å²) in [5, 5.41) is 11.2. The van der Waals surface area contributed by atoms with Crippen molar-refractivity contribution in [2.75, 3.05) is 13.1 Å². The normalized spacial score (nSPS) is 17.2. The molecule has 1 atom stereocenters. The van der Waals surface area contributed by atoms with E-state index in [1.54, 1.807) is 18.2 Å². The highest BCUT2D eigenvalue weighted by molar-refractivity contribution is 5.91. The van der Waals surface area contributed by atoms with Crippen molar-refractivity contribution >= 4 is 5.91 Å². The first kappa shape index (κ1) is 20.3. The van der Waals surface area contributed by atoms with Crippen molar-refractivity contribution in [2.45, 2.75) is 38.8 Å². The third-order valence-corrected chi connectivity index (χ3v) is 5.75. The zero-order chi connectivity index (χ0) is 21.1. The Labute approximate surface area is 174 Å². The summed E-state index contributed by atoms with van der Waals surface area (Å²) in [6, 6.07) is 7.87. The van der Waals surface area contributed by atoms with Crippen LogP contribution in [0.2, 0.25) is 0 Å². The largest absolute Gasteiger partial charge is 0.351 e. The van der Waals surface area contributed by atoms with E-state index in [0.29, 0.717) is 5.56 Å². The molecule has 1 saturated heterocycles. The lowest BCUT2D eigenvalue weighted by Gasteiger charge is -2.31. The zero-order valence-electron chi connectivity index (χ0n) is 17.3. The van der Waals surface area contributed by atoms with Crippen LogP contribution in [0.25, 0.3) is 0 Å². The molecule has 3 aromatic rings. The fourth-order valence-electron chi connectivity index (χ4n) is 3.89. The number of rotatable bonds is 6. The number of aromatic nitrogens is 3. The molecule has 0 bridgehead atoms. The molecule has 7 nitrogen and oxygen atoms in total. The number of hydrogen-bond acceptors (Lipinski definition) is 5. The number of hydrogen-bond donors (Lipinski definition) is 1. The van der Waals surface area contributed by atoms with Crippen molar-refractivity contribution < 1.29 is 13.7 Å². The minimum Gasteiger partial charge on any atom is -0.351 e. The molecule has 8 heteroatoms. The summed E-state index contributed by atoms with van der Waals surface area (Å²) in [5.74, 6) is -0.269. The molecule has 1 aliphatic heterocycles. The number of aryl methyl sites for hydroxylation is 1. The highest BCUT2D eigenvalue weighted by Gasteiger charge is 2.26. The van der Waals surface area contributed by atoms with Crippen LogP contribution in [-0.4, -0.2) is 38.8 Å². The van der Waals surface area contributed by atoms with Crippen molar-refractivity contribution in [1.82, 2.24) is 25.2 Å². The van der Waals surface area contributed by atoms with Gasteiger partial charge < -0.3 is 9.84 Å². The SMILES string of the molecule is Cc1c(CN2CCC[C@@H](c3cc(C(=O)NCc4cccc(F)c4)on3)C2)cnn1C. The fraction of sp³-hybridized carbons (Fsp3) is 0.409. The maximum Gasteiger partial charge on any atom is 0.290 e. The first-order valence-electron chi connectivity index (χ1n) is 10.2. The molecule has 3 heterocycles. The molecule has 0 unspecified atom stereocenters. The lowest BCUT2D eigenvalue weighted by molar-refractivity contribution is 0.0913. The summed E-state index contributed by atoms with van der Waals surface area (Å²) in [6.07, 6.45) is 4.01. The minimum atomic E-state index is -0.350. The Morgan fingerprint density at radius 2 is 2.23 bits per heavy atom. The molecular weight excluding hydrogens is 385 g/mol. The summed E-state index contributed by atoms with van der Waals surface area (Å²) >= 11 is 0. The number of amides is 1. The van der Waals surface area contributed by atoms with Gasteiger partial charge in [0.15, 0.2) is 0 Å². The Morgan fingerprint density at radius 3 is 3.00 bits per heavy atom. The van der Waals surface area contributed by atoms with Gasteiger partial charge in [0.25, 0.3) is 5.91 Å². The summed E-state index contributed by atoms with van der Waals surface area (Å²) in [6.45, 7) is 5.06. The first-order valence-corrected chi connectivity index (χ1v) is 10.2. The highest BCUT2D eigenvalue weighted by Crippen LogP contribution is 2.28. The number of likely N-dealkylation sites (tertiary alicyclic amines) is 1. The minimum absolute atomic E-state index is 0.182. The molecule has 0 radical (unpaired) electrons. The van der Waals surface area contributed by atoms with Gasteiger partial charge in [-0.1, -0.05) is 17.3 Å². The maximum atomic E-state index is 13.3. The quantitative estimate of drug-likeness (QED) is 0.674. The van der Waals surface area contributed by atoms with Crippen LogP contribution in [0.15, 0.2) is 41.1 Å². The predicted octanol–water partition coefficient (Wildman–Crippen LogP) is 3.17. The van der Waals surface area contributed by atoms with E-state index in [0.717, 1.165) is 38.2 Å². The molecule has 2 aromatic heterocycles. The molecule has 0 aliphatic carbocycles. The van der Waals surface area contributed by atoms with Crippen LogP contribution in [0, 0.1) is 12.7 Å². The van der Waals surface area contributed by atoms with E-state index in [2.05, 4.69) is 27.4 Å². The van der Waals surface area contributed by atoms with Gasteiger partial charge in [-0.3, -0.25) is 14.4 Å². The van der Waals surface area contributed by atoms with Crippen molar-refractivity contribution in [3.05, 3.63) is 70.6 Å². The molecule has 1 aromatic carbocycles. The molecule has 1 aliphatic rings. The predicted molar refractivity (Wildman–Crippen MR) is 109 cm³/mol. The Morgan fingerprint density at radius 1 is 1.37 bits per heavy atom. The maximum absolute atomic E-state index is 13.3. The molecule has 1 amide bonds. The van der Waals surface area contributed by atoms with Crippen molar-refractivity contribution in [2.24, 2.45) is 7.05 Å². The van der Waals surface area contributed by atoms with E-state index in [-0.39, 0.29) is 29.9 Å². The Hall–Kier alpha value is -3.00. The second-order valence-corrected chi connectivity index (χ2v) is 7.88. The molecule has 1 fully saturated rings. The number of piperidine rings is 1. The number of nitrogens with one attached hydrogen (secondary N) is 1. The van der Waals surface area contributed by atoms with Gasteiger partial charge in [-0.25, -0.2) is 4.39 Å². The number of carbonyl (C=O) groups excluding carboxylic acids is 1. The average Bonchev–Trinajstić information content (AvgIpc) is 3.36. The van der Waals surface area contributed by atoms with Crippen LogP contribution in [-0.2, 0) is 20.1 Å². The van der Waals surface area contributed by atoms with Gasteiger partial charge in [0.1, 0.15) is 5.82 Å². The highest BCUT2D eigenvalue weighted by atomic mass is 19.1. The fourth-order valence-corrected chi connectivity index (χ4v) is 3.89. The van der Waals surface area contributed by atoms with Crippen LogP contribution in [0.5, 0.6) is 0 Å². The van der Waals surface area contributed by atoms with Crippen molar-refractivity contribution in [1.29, 1.82) is 0 Å². The van der Waals surface area contributed by atoms with Crippen molar-refractivity contribution in [3.8, 4) is 0 Å². The smallest absolute Gasteiger partial charge is 0.290 e. The van der Waals surface area contributed by atoms with Gasteiger partial charge in [-0.2, -0.15) is 5.10 Å². The van der Waals surface area contributed by atoms with E-state index >= 15 is 0 Å². The second kappa shape index (κ2) is 8.79. The summed E-state index contributed by atoms with van der Waals surface area (Å²) in [4.78, 5) is 14.8. The number of carbonyl (C=O) groups is 1. The van der Waals surface area contributed by atoms with E-state index < -0.39 is 0 Å². The van der Waals surface area contributed by atoms with Crippen LogP contribution in [0.1, 0.15) is 51.8 Å². The zero-order valence-corrected chi connectivity index (χ0v) is 17.3. The van der Waals surface area contributed by atoms with E-state index in [1.165, 1.54) is 23.4 Å².